The second-order valence-electron chi connectivity index (χ2n) is 3.72. The van der Waals surface area contributed by atoms with Gasteiger partial charge in [0.05, 0.1) is 6.04 Å². The fraction of sp³-hybridized carbons (Fsp3) is 0.889. The third-order valence-electron chi connectivity index (χ3n) is 1.79. The van der Waals surface area contributed by atoms with Gasteiger partial charge < -0.3 is 0 Å². The molecule has 1 unspecified atom stereocenters. The average Bonchev–Trinajstić information content (AvgIpc) is 1.81. The van der Waals surface area contributed by atoms with Crippen LogP contribution in [0, 0.1) is 5.92 Å². The Hall–Kier alpha value is -0.370. The van der Waals surface area contributed by atoms with Crippen LogP contribution in [0.5, 0.6) is 0 Å². The first-order valence-electron chi connectivity index (χ1n) is 4.12. The average molecular weight is 157 g/mol. The zero-order valence-electron chi connectivity index (χ0n) is 8.22. The number of ketones is 1. The fourth-order valence-electron chi connectivity index (χ4n) is 1.19. The third-order valence-corrected chi connectivity index (χ3v) is 1.79. The number of hydrogen-bond acceptors (Lipinski definition) is 2. The van der Waals surface area contributed by atoms with Gasteiger partial charge in [0.2, 0.25) is 0 Å². The van der Waals surface area contributed by atoms with Crippen molar-refractivity contribution in [1.29, 1.82) is 0 Å². The Balaban J connectivity index is 4.01. The van der Waals surface area contributed by atoms with E-state index in [4.69, 9.17) is 0 Å². The molecule has 0 amide bonds. The molecule has 0 aliphatic carbocycles. The molecular weight excluding hydrogens is 138 g/mol. The molecule has 0 saturated heterocycles. The molecule has 0 aromatic carbocycles. The van der Waals surface area contributed by atoms with Crippen LogP contribution >= 0.6 is 0 Å². The minimum absolute atomic E-state index is 0.106. The normalized spacial score (nSPS) is 14.1. The van der Waals surface area contributed by atoms with E-state index in [1.165, 1.54) is 0 Å². The molecule has 0 saturated carbocycles. The number of likely N-dealkylation sites (N-methyl/N-ethyl adjacent to an activating group) is 1. The van der Waals surface area contributed by atoms with Crippen molar-refractivity contribution in [3.8, 4) is 0 Å². The van der Waals surface area contributed by atoms with Crippen LogP contribution in [0.25, 0.3) is 0 Å². The van der Waals surface area contributed by atoms with Crippen LogP contribution in [0.4, 0.5) is 0 Å². The van der Waals surface area contributed by atoms with Crippen LogP contribution in [0.15, 0.2) is 0 Å². The Morgan fingerprint density at radius 1 is 1.36 bits per heavy atom. The topological polar surface area (TPSA) is 20.3 Å². The van der Waals surface area contributed by atoms with Gasteiger partial charge in [0, 0.05) is 0 Å². The van der Waals surface area contributed by atoms with Gasteiger partial charge in [-0.3, -0.25) is 9.69 Å². The lowest BCUT2D eigenvalue weighted by atomic mass is 10.0. The lowest BCUT2D eigenvalue weighted by Crippen LogP contribution is -2.35. The van der Waals surface area contributed by atoms with Gasteiger partial charge in [0.25, 0.3) is 0 Å². The maximum absolute atomic E-state index is 11.1. The summed E-state index contributed by atoms with van der Waals surface area (Å²) in [7, 11) is 3.91. The summed E-state index contributed by atoms with van der Waals surface area (Å²) in [5, 5.41) is 0. The molecule has 0 fully saturated rings. The first-order chi connectivity index (χ1) is 4.95. The van der Waals surface area contributed by atoms with Crippen LogP contribution in [0.1, 0.15) is 27.2 Å². The second kappa shape index (κ2) is 4.50. The summed E-state index contributed by atoms with van der Waals surface area (Å²) in [6, 6.07) is 0.106. The Kier molecular flexibility index (Phi) is 4.34. The summed E-state index contributed by atoms with van der Waals surface area (Å²) in [6.07, 6.45) is 0.961. The van der Waals surface area contributed by atoms with E-state index < -0.39 is 0 Å². The highest BCUT2D eigenvalue weighted by Crippen LogP contribution is 2.09. The van der Waals surface area contributed by atoms with E-state index in [9.17, 15) is 4.79 Å². The zero-order chi connectivity index (χ0) is 9.02. The van der Waals surface area contributed by atoms with E-state index in [0.29, 0.717) is 5.92 Å². The Labute approximate surface area is 69.6 Å². The van der Waals surface area contributed by atoms with Gasteiger partial charge >= 0.3 is 0 Å². The largest absolute Gasteiger partial charge is 0.300 e. The Morgan fingerprint density at radius 2 is 1.82 bits per heavy atom. The number of Topliss-reactive ketones (excluding diaryl/α,β-unsaturated/α-hetero) is 1. The summed E-state index contributed by atoms with van der Waals surface area (Å²) in [4.78, 5) is 13.1. The molecule has 11 heavy (non-hydrogen) atoms. The predicted octanol–water partition coefficient (Wildman–Crippen LogP) is 1.55. The molecule has 0 spiro atoms. The van der Waals surface area contributed by atoms with Crippen molar-refractivity contribution in [1.82, 2.24) is 4.90 Å². The minimum atomic E-state index is 0.106. The number of carbonyl (C=O) groups excluding carboxylic acids is 1. The van der Waals surface area contributed by atoms with Crippen molar-refractivity contribution in [3.63, 3.8) is 0 Å². The molecule has 0 radical (unpaired) electrons. The van der Waals surface area contributed by atoms with Gasteiger partial charge in [-0.05, 0) is 33.4 Å². The van der Waals surface area contributed by atoms with Crippen LogP contribution in [-0.4, -0.2) is 30.8 Å². The van der Waals surface area contributed by atoms with Crippen molar-refractivity contribution >= 4 is 5.78 Å². The van der Waals surface area contributed by atoms with Gasteiger partial charge in [-0.2, -0.15) is 0 Å². The van der Waals surface area contributed by atoms with Crippen molar-refractivity contribution in [2.75, 3.05) is 14.1 Å². The number of nitrogens with zero attached hydrogens (tertiary/aromatic N) is 1. The fourth-order valence-corrected chi connectivity index (χ4v) is 1.19. The van der Waals surface area contributed by atoms with Gasteiger partial charge in [-0.1, -0.05) is 13.8 Å². The molecule has 0 aliphatic rings. The standard InChI is InChI=1S/C9H19NO/c1-7(2)6-9(8(3)11)10(4)5/h7,9H,6H2,1-5H3. The number of hydrogen-bond donors (Lipinski definition) is 0. The van der Waals surface area contributed by atoms with Crippen LogP contribution in [0.2, 0.25) is 0 Å². The monoisotopic (exact) mass is 157 g/mol. The minimum Gasteiger partial charge on any atom is -0.300 e. The molecule has 2 nitrogen and oxygen atoms in total. The zero-order valence-corrected chi connectivity index (χ0v) is 8.22. The summed E-state index contributed by atoms with van der Waals surface area (Å²) >= 11 is 0. The van der Waals surface area contributed by atoms with E-state index in [0.717, 1.165) is 6.42 Å². The molecule has 0 N–H and O–H groups in total. The van der Waals surface area contributed by atoms with Crippen molar-refractivity contribution in [3.05, 3.63) is 0 Å². The molecule has 0 heterocycles. The van der Waals surface area contributed by atoms with E-state index in [2.05, 4.69) is 13.8 Å². The maximum atomic E-state index is 11.1. The molecule has 66 valence electrons. The second-order valence-corrected chi connectivity index (χ2v) is 3.72. The summed E-state index contributed by atoms with van der Waals surface area (Å²) < 4.78 is 0. The molecular formula is C9H19NO. The van der Waals surface area contributed by atoms with Gasteiger partial charge in [0.1, 0.15) is 5.78 Å². The highest BCUT2D eigenvalue weighted by atomic mass is 16.1. The molecule has 0 rings (SSSR count). The maximum Gasteiger partial charge on any atom is 0.146 e. The Bertz CT molecular complexity index is 130. The summed E-state index contributed by atoms with van der Waals surface area (Å²) in [5.74, 6) is 0.856. The molecule has 0 bridgehead atoms. The lowest BCUT2D eigenvalue weighted by Gasteiger charge is -2.22. The van der Waals surface area contributed by atoms with E-state index >= 15 is 0 Å². The molecule has 1 atom stereocenters. The molecule has 0 aromatic rings. The molecule has 0 aliphatic heterocycles. The smallest absolute Gasteiger partial charge is 0.146 e. The van der Waals surface area contributed by atoms with Crippen LogP contribution in [-0.2, 0) is 4.79 Å². The van der Waals surface area contributed by atoms with E-state index in [-0.39, 0.29) is 11.8 Å². The first kappa shape index (κ1) is 10.6. The molecule has 0 aromatic heterocycles. The highest BCUT2D eigenvalue weighted by molar-refractivity contribution is 5.81. The highest BCUT2D eigenvalue weighted by Gasteiger charge is 2.17. The van der Waals surface area contributed by atoms with E-state index in [1.54, 1.807) is 6.92 Å². The lowest BCUT2D eigenvalue weighted by molar-refractivity contribution is -0.121. The summed E-state index contributed by atoms with van der Waals surface area (Å²) in [5.41, 5.74) is 0. The SMILES string of the molecule is CC(=O)C(CC(C)C)N(C)C. The Morgan fingerprint density at radius 3 is 1.91 bits per heavy atom. The van der Waals surface area contributed by atoms with Crippen LogP contribution in [0.3, 0.4) is 0 Å². The summed E-state index contributed by atoms with van der Waals surface area (Å²) in [6.45, 7) is 5.94. The van der Waals surface area contributed by atoms with Crippen molar-refractivity contribution < 1.29 is 4.79 Å². The van der Waals surface area contributed by atoms with Gasteiger partial charge in [-0.25, -0.2) is 0 Å². The van der Waals surface area contributed by atoms with E-state index in [1.807, 2.05) is 19.0 Å². The third kappa shape index (κ3) is 4.14. The van der Waals surface area contributed by atoms with Crippen LogP contribution < -0.4 is 0 Å². The van der Waals surface area contributed by atoms with Crippen molar-refractivity contribution in [2.24, 2.45) is 5.92 Å². The number of carbonyl (C=O) groups is 1. The quantitative estimate of drug-likeness (QED) is 0.617. The predicted molar refractivity (Wildman–Crippen MR) is 47.6 cm³/mol. The van der Waals surface area contributed by atoms with Crippen molar-refractivity contribution in [2.45, 2.75) is 33.2 Å². The van der Waals surface area contributed by atoms with Gasteiger partial charge in [0.15, 0.2) is 0 Å². The number of rotatable bonds is 4. The first-order valence-corrected chi connectivity index (χ1v) is 4.12. The molecule has 2 heteroatoms. The van der Waals surface area contributed by atoms with Gasteiger partial charge in [-0.15, -0.1) is 0 Å².